The van der Waals surface area contributed by atoms with Gasteiger partial charge in [-0.05, 0) is 44.0 Å². The van der Waals surface area contributed by atoms with Gasteiger partial charge in [-0.15, -0.1) is 0 Å². The third-order valence-corrected chi connectivity index (χ3v) is 3.50. The molecule has 0 amide bonds. The van der Waals surface area contributed by atoms with Crippen LogP contribution in [0.25, 0.3) is 0 Å². The fraction of sp³-hybridized carbons (Fsp3) is 0.467. The maximum atomic E-state index is 4.59. The van der Waals surface area contributed by atoms with Crippen LogP contribution in [0, 0.1) is 0 Å². The fourth-order valence-electron chi connectivity index (χ4n) is 1.93. The first-order chi connectivity index (χ1) is 9.20. The van der Waals surface area contributed by atoms with Gasteiger partial charge in [-0.1, -0.05) is 6.92 Å². The topological polar surface area (TPSA) is 42.7 Å². The number of pyridine rings is 1. The molecule has 0 aromatic carbocycles. The summed E-state index contributed by atoms with van der Waals surface area (Å²) < 4.78 is 2.04. The van der Waals surface area contributed by atoms with Gasteiger partial charge in [0.1, 0.15) is 0 Å². The van der Waals surface area contributed by atoms with Crippen LogP contribution in [0.5, 0.6) is 0 Å². The Morgan fingerprint density at radius 1 is 1.21 bits per heavy atom. The molecule has 0 aliphatic carbocycles. The van der Waals surface area contributed by atoms with Crippen molar-refractivity contribution >= 4 is 0 Å². The number of rotatable bonds is 6. The highest BCUT2D eigenvalue weighted by Crippen LogP contribution is 2.12. The van der Waals surface area contributed by atoms with Crippen molar-refractivity contribution in [2.45, 2.75) is 45.8 Å². The summed E-state index contributed by atoms with van der Waals surface area (Å²) >= 11 is 0. The summed E-state index contributed by atoms with van der Waals surface area (Å²) in [5, 5.41) is 8.07. The minimum Gasteiger partial charge on any atom is -0.304 e. The summed E-state index contributed by atoms with van der Waals surface area (Å²) in [7, 11) is 0. The Balaban J connectivity index is 1.90. The van der Waals surface area contributed by atoms with Crippen molar-refractivity contribution in [3.05, 3.63) is 48.0 Å². The van der Waals surface area contributed by atoms with Crippen LogP contribution in [0.15, 0.2) is 36.8 Å². The van der Waals surface area contributed by atoms with Gasteiger partial charge in [0.15, 0.2) is 0 Å². The minimum absolute atomic E-state index is 0.303. The normalized spacial score (nSPS) is 14.3. The molecule has 1 unspecified atom stereocenters. The molecular formula is C15H22N4. The van der Waals surface area contributed by atoms with Crippen LogP contribution >= 0.6 is 0 Å². The number of nitrogens with zero attached hydrogens (tertiary/aromatic N) is 3. The van der Waals surface area contributed by atoms with Gasteiger partial charge in [0, 0.05) is 37.2 Å². The monoisotopic (exact) mass is 258 g/mol. The van der Waals surface area contributed by atoms with Gasteiger partial charge in [0.2, 0.25) is 0 Å². The van der Waals surface area contributed by atoms with Crippen LogP contribution in [0.4, 0.5) is 0 Å². The van der Waals surface area contributed by atoms with Crippen molar-refractivity contribution in [2.75, 3.05) is 0 Å². The zero-order chi connectivity index (χ0) is 13.7. The highest BCUT2D eigenvalue weighted by atomic mass is 15.3. The van der Waals surface area contributed by atoms with E-state index in [4.69, 9.17) is 0 Å². The predicted molar refractivity (Wildman–Crippen MR) is 76.7 cm³/mol. The van der Waals surface area contributed by atoms with E-state index in [0.29, 0.717) is 12.1 Å². The molecule has 4 heteroatoms. The van der Waals surface area contributed by atoms with Crippen molar-refractivity contribution in [3.63, 3.8) is 0 Å². The molecule has 0 bridgehead atoms. The minimum atomic E-state index is 0.303. The molecule has 0 aliphatic heterocycles. The Morgan fingerprint density at radius 3 is 2.63 bits per heavy atom. The summed E-state index contributed by atoms with van der Waals surface area (Å²) in [6.45, 7) is 7.30. The largest absolute Gasteiger partial charge is 0.304 e. The molecule has 102 valence electrons. The highest BCUT2D eigenvalue weighted by Gasteiger charge is 2.07. The quantitative estimate of drug-likeness (QED) is 0.865. The lowest BCUT2D eigenvalue weighted by atomic mass is 10.1. The van der Waals surface area contributed by atoms with E-state index in [9.17, 15) is 0 Å². The first-order valence-corrected chi connectivity index (χ1v) is 6.88. The molecule has 0 fully saturated rings. The smallest absolute Gasteiger partial charge is 0.0762 e. The molecule has 1 N–H and O–H groups in total. The van der Waals surface area contributed by atoms with Crippen molar-refractivity contribution in [2.24, 2.45) is 0 Å². The van der Waals surface area contributed by atoms with Crippen LogP contribution in [0.3, 0.4) is 0 Å². The third kappa shape index (κ3) is 3.64. The summed E-state index contributed by atoms with van der Waals surface area (Å²) in [5.41, 5.74) is 2.33. The molecular weight excluding hydrogens is 236 g/mol. The van der Waals surface area contributed by atoms with E-state index in [-0.39, 0.29) is 0 Å². The van der Waals surface area contributed by atoms with Crippen LogP contribution in [-0.2, 0) is 6.54 Å². The number of aromatic nitrogens is 3. The Hall–Kier alpha value is -1.68. The first-order valence-electron chi connectivity index (χ1n) is 6.88. The SMILES string of the molecule is CCC(C)n1ccc(CN[C@H](C)c2ccncc2)n1. The van der Waals surface area contributed by atoms with Crippen LogP contribution < -0.4 is 5.32 Å². The van der Waals surface area contributed by atoms with Gasteiger partial charge in [-0.25, -0.2) is 0 Å². The lowest BCUT2D eigenvalue weighted by Crippen LogP contribution is -2.18. The average Bonchev–Trinajstić information content (AvgIpc) is 2.93. The molecule has 2 aromatic heterocycles. The van der Waals surface area contributed by atoms with E-state index in [1.165, 1.54) is 5.56 Å². The second-order valence-electron chi connectivity index (χ2n) is 4.93. The molecule has 4 nitrogen and oxygen atoms in total. The van der Waals surface area contributed by atoms with E-state index in [1.54, 1.807) is 0 Å². The maximum Gasteiger partial charge on any atom is 0.0762 e. The lowest BCUT2D eigenvalue weighted by Gasteiger charge is -2.13. The number of nitrogens with one attached hydrogen (secondary N) is 1. The second-order valence-corrected chi connectivity index (χ2v) is 4.93. The van der Waals surface area contributed by atoms with Gasteiger partial charge in [-0.2, -0.15) is 5.10 Å². The molecule has 2 rings (SSSR count). The van der Waals surface area contributed by atoms with Crippen molar-refractivity contribution in [1.82, 2.24) is 20.1 Å². The molecule has 2 heterocycles. The van der Waals surface area contributed by atoms with Crippen LogP contribution in [-0.4, -0.2) is 14.8 Å². The standard InChI is InChI=1S/C15H22N4/c1-4-12(2)19-10-7-15(18-19)11-17-13(3)14-5-8-16-9-6-14/h5-10,12-13,17H,4,11H2,1-3H3/t12?,13-/m1/s1. The molecule has 0 spiro atoms. The molecule has 0 aliphatic rings. The molecule has 0 saturated carbocycles. The molecule has 19 heavy (non-hydrogen) atoms. The lowest BCUT2D eigenvalue weighted by molar-refractivity contribution is 0.468. The summed E-state index contributed by atoms with van der Waals surface area (Å²) in [4.78, 5) is 4.03. The Bertz CT molecular complexity index is 492. The van der Waals surface area contributed by atoms with E-state index in [2.05, 4.69) is 48.4 Å². The van der Waals surface area contributed by atoms with Crippen molar-refractivity contribution in [1.29, 1.82) is 0 Å². The molecule has 0 saturated heterocycles. The summed E-state index contributed by atoms with van der Waals surface area (Å²) in [6, 6.07) is 6.92. The molecule has 2 atom stereocenters. The first kappa shape index (κ1) is 13.7. The number of hydrogen-bond donors (Lipinski definition) is 1. The summed E-state index contributed by atoms with van der Waals surface area (Å²) in [5.74, 6) is 0. The van der Waals surface area contributed by atoms with E-state index < -0.39 is 0 Å². The zero-order valence-electron chi connectivity index (χ0n) is 11.9. The van der Waals surface area contributed by atoms with Crippen LogP contribution in [0.1, 0.15) is 50.5 Å². The maximum absolute atomic E-state index is 4.59. The predicted octanol–water partition coefficient (Wildman–Crippen LogP) is 3.10. The molecule has 0 radical (unpaired) electrons. The van der Waals surface area contributed by atoms with Crippen LogP contribution in [0.2, 0.25) is 0 Å². The van der Waals surface area contributed by atoms with Gasteiger partial charge < -0.3 is 5.32 Å². The Labute approximate surface area is 114 Å². The van der Waals surface area contributed by atoms with Gasteiger partial charge in [0.25, 0.3) is 0 Å². The summed E-state index contributed by atoms with van der Waals surface area (Å²) in [6.07, 6.45) is 6.81. The Kier molecular flexibility index (Phi) is 4.68. The highest BCUT2D eigenvalue weighted by molar-refractivity contribution is 5.14. The zero-order valence-corrected chi connectivity index (χ0v) is 11.9. The van der Waals surface area contributed by atoms with Gasteiger partial charge >= 0.3 is 0 Å². The Morgan fingerprint density at radius 2 is 1.95 bits per heavy atom. The third-order valence-electron chi connectivity index (χ3n) is 3.50. The molecule has 2 aromatic rings. The van der Waals surface area contributed by atoms with E-state index in [0.717, 1.165) is 18.7 Å². The van der Waals surface area contributed by atoms with Crippen molar-refractivity contribution < 1.29 is 0 Å². The van der Waals surface area contributed by atoms with E-state index in [1.807, 2.05) is 29.2 Å². The van der Waals surface area contributed by atoms with Gasteiger partial charge in [-0.3, -0.25) is 9.67 Å². The van der Waals surface area contributed by atoms with Crippen molar-refractivity contribution in [3.8, 4) is 0 Å². The van der Waals surface area contributed by atoms with E-state index >= 15 is 0 Å². The second kappa shape index (κ2) is 6.48. The fourth-order valence-corrected chi connectivity index (χ4v) is 1.93. The van der Waals surface area contributed by atoms with Gasteiger partial charge in [0.05, 0.1) is 5.69 Å². The average molecular weight is 258 g/mol. The number of hydrogen-bond acceptors (Lipinski definition) is 3.